The van der Waals surface area contributed by atoms with Gasteiger partial charge in [-0.2, -0.15) is 0 Å². The van der Waals surface area contributed by atoms with Crippen molar-refractivity contribution < 1.29 is 62.7 Å². The van der Waals surface area contributed by atoms with Gasteiger partial charge in [0.05, 0.1) is 51.8 Å². The molecule has 0 aromatic heterocycles. The van der Waals surface area contributed by atoms with Crippen molar-refractivity contribution in [2.24, 2.45) is 0 Å². The number of unbranched alkanes of at least 4 members (excludes halogenated alkanes) is 7. The molecule has 0 radical (unpaired) electrons. The van der Waals surface area contributed by atoms with Crippen LogP contribution in [0.1, 0.15) is 94.3 Å². The van der Waals surface area contributed by atoms with Crippen molar-refractivity contribution in [3.05, 3.63) is 29.8 Å². The fourth-order valence-corrected chi connectivity index (χ4v) is 4.87. The van der Waals surface area contributed by atoms with E-state index in [2.05, 4.69) is 21.3 Å². The Morgan fingerprint density at radius 1 is 0.600 bits per heavy atom. The first-order chi connectivity index (χ1) is 26.6. The Hall–Kier alpha value is -4.32. The second-order valence-electron chi connectivity index (χ2n) is 12.6. The summed E-state index contributed by atoms with van der Waals surface area (Å²) in [6, 6.07) is 5.23. The molecule has 55 heavy (non-hydrogen) atoms. The maximum atomic E-state index is 12.3. The van der Waals surface area contributed by atoms with Gasteiger partial charge in [-0.15, -0.1) is 0 Å². The first-order valence-electron chi connectivity index (χ1n) is 19.2. The molecule has 0 fully saturated rings. The first-order valence-corrected chi connectivity index (χ1v) is 19.2. The Bertz CT molecular complexity index is 1250. The molecular weight excluding hydrogens is 720 g/mol. The summed E-state index contributed by atoms with van der Waals surface area (Å²) in [6.45, 7) is 4.98. The van der Waals surface area contributed by atoms with E-state index in [1.165, 1.54) is 12.1 Å². The summed E-state index contributed by atoms with van der Waals surface area (Å²) >= 11 is 0. The van der Waals surface area contributed by atoms with E-state index >= 15 is 0 Å². The molecule has 1 aromatic carbocycles. The standard InChI is InChI=1S/C38H62N4O13/c1-2-3-17-39-35(45)28-53-25-24-52-22-19-41-36(46)29-54-26-23-51-21-18-40-33(43)16-15-32(38(49)50)42-34(44)14-9-7-5-4-6-8-10-20-55-31-13-11-12-30(27-31)37(47)48/h11-13,27,32H,2-10,14-26,28-29H2,1H3,(H,39,45)(H,40,43)(H,41,46)(H,42,44)(H,47,48)(H,49,50)/t32-/m0/s1. The summed E-state index contributed by atoms with van der Waals surface area (Å²) in [4.78, 5) is 70.4. The van der Waals surface area contributed by atoms with E-state index in [1.54, 1.807) is 12.1 Å². The van der Waals surface area contributed by atoms with Gasteiger partial charge in [0.2, 0.25) is 23.6 Å². The zero-order valence-corrected chi connectivity index (χ0v) is 32.2. The first kappa shape index (κ1) is 48.7. The molecule has 17 heteroatoms. The van der Waals surface area contributed by atoms with E-state index in [0.29, 0.717) is 38.5 Å². The third-order valence-electron chi connectivity index (χ3n) is 7.89. The summed E-state index contributed by atoms with van der Waals surface area (Å²) in [5.74, 6) is -2.85. The van der Waals surface area contributed by atoms with Crippen LogP contribution in [0.5, 0.6) is 5.75 Å². The van der Waals surface area contributed by atoms with E-state index in [9.17, 15) is 33.9 Å². The van der Waals surface area contributed by atoms with Gasteiger partial charge in [-0.05, 0) is 43.9 Å². The van der Waals surface area contributed by atoms with E-state index in [0.717, 1.165) is 51.4 Å². The Balaban J connectivity index is 1.96. The molecule has 4 amide bonds. The minimum atomic E-state index is -1.20. The second kappa shape index (κ2) is 33.1. The normalized spacial score (nSPS) is 11.4. The topological polar surface area (TPSA) is 237 Å². The van der Waals surface area contributed by atoms with Gasteiger partial charge in [0.1, 0.15) is 25.0 Å². The lowest BCUT2D eigenvalue weighted by Gasteiger charge is -2.14. The molecular formula is C38H62N4O13. The lowest BCUT2D eigenvalue weighted by Crippen LogP contribution is -2.41. The molecule has 0 unspecified atom stereocenters. The average Bonchev–Trinajstić information content (AvgIpc) is 3.16. The number of benzene rings is 1. The van der Waals surface area contributed by atoms with Crippen LogP contribution in [0.2, 0.25) is 0 Å². The fraction of sp³-hybridized carbons (Fsp3) is 0.684. The van der Waals surface area contributed by atoms with Gasteiger partial charge in [0.15, 0.2) is 0 Å². The average molecular weight is 783 g/mol. The van der Waals surface area contributed by atoms with Crippen molar-refractivity contribution >= 4 is 35.6 Å². The van der Waals surface area contributed by atoms with Crippen molar-refractivity contribution in [3.63, 3.8) is 0 Å². The van der Waals surface area contributed by atoms with E-state index in [1.807, 2.05) is 6.92 Å². The van der Waals surface area contributed by atoms with Crippen LogP contribution in [0, 0.1) is 0 Å². The third kappa shape index (κ3) is 28.7. The van der Waals surface area contributed by atoms with Gasteiger partial charge in [-0.25, -0.2) is 9.59 Å². The smallest absolute Gasteiger partial charge is 0.335 e. The molecule has 0 aliphatic carbocycles. The van der Waals surface area contributed by atoms with Crippen molar-refractivity contribution in [1.82, 2.24) is 21.3 Å². The molecule has 0 aliphatic heterocycles. The Morgan fingerprint density at radius 3 is 1.76 bits per heavy atom. The number of ether oxygens (including phenoxy) is 5. The molecule has 0 aliphatic rings. The zero-order valence-electron chi connectivity index (χ0n) is 32.2. The number of hydrogen-bond donors (Lipinski definition) is 6. The second-order valence-corrected chi connectivity index (χ2v) is 12.6. The quantitative estimate of drug-likeness (QED) is 0.0538. The molecule has 0 saturated carbocycles. The molecule has 0 bridgehead atoms. The van der Waals surface area contributed by atoms with Gasteiger partial charge in [-0.1, -0.05) is 51.5 Å². The number of nitrogens with one attached hydrogen (secondary N) is 4. The highest BCUT2D eigenvalue weighted by Crippen LogP contribution is 2.15. The lowest BCUT2D eigenvalue weighted by molar-refractivity contribution is -0.142. The molecule has 6 N–H and O–H groups in total. The molecule has 0 spiro atoms. The minimum absolute atomic E-state index is 0.0142. The maximum Gasteiger partial charge on any atom is 0.335 e. The molecule has 0 heterocycles. The summed E-state index contributed by atoms with van der Waals surface area (Å²) in [5, 5.41) is 29.1. The molecule has 0 saturated heterocycles. The minimum Gasteiger partial charge on any atom is -0.494 e. The summed E-state index contributed by atoms with van der Waals surface area (Å²) in [7, 11) is 0. The lowest BCUT2D eigenvalue weighted by atomic mass is 10.1. The number of amides is 4. The van der Waals surface area contributed by atoms with Gasteiger partial charge >= 0.3 is 11.9 Å². The van der Waals surface area contributed by atoms with Crippen molar-refractivity contribution in [2.45, 2.75) is 90.0 Å². The van der Waals surface area contributed by atoms with E-state index in [4.69, 9.17) is 28.8 Å². The van der Waals surface area contributed by atoms with Crippen molar-refractivity contribution in [3.8, 4) is 5.75 Å². The van der Waals surface area contributed by atoms with Crippen LogP contribution >= 0.6 is 0 Å². The molecule has 1 atom stereocenters. The number of hydrogen-bond acceptors (Lipinski definition) is 11. The number of aromatic carboxylic acids is 1. The van der Waals surface area contributed by atoms with Crippen LogP contribution in [0.4, 0.5) is 0 Å². The van der Waals surface area contributed by atoms with Crippen LogP contribution in [0.3, 0.4) is 0 Å². The Labute approximate surface area is 323 Å². The SMILES string of the molecule is CCCCNC(=O)COCCOCCNC(=O)COCCOCCNC(=O)CC[C@H](NC(=O)CCCCCCCCCOc1cccc(C(=O)O)c1)C(=O)O. The van der Waals surface area contributed by atoms with Crippen LogP contribution < -0.4 is 26.0 Å². The Kier molecular flexibility index (Phi) is 29.3. The zero-order chi connectivity index (χ0) is 40.4. The highest BCUT2D eigenvalue weighted by Gasteiger charge is 2.20. The molecule has 17 nitrogen and oxygen atoms in total. The van der Waals surface area contributed by atoms with Gasteiger partial charge < -0.3 is 55.2 Å². The number of carboxylic acids is 2. The Morgan fingerprint density at radius 2 is 1.16 bits per heavy atom. The fourth-order valence-electron chi connectivity index (χ4n) is 4.87. The predicted molar refractivity (Wildman–Crippen MR) is 202 cm³/mol. The van der Waals surface area contributed by atoms with Crippen LogP contribution in [-0.2, 0) is 42.9 Å². The van der Waals surface area contributed by atoms with Gasteiger partial charge in [0, 0.05) is 32.5 Å². The van der Waals surface area contributed by atoms with Gasteiger partial charge in [0.25, 0.3) is 0 Å². The summed E-state index contributed by atoms with van der Waals surface area (Å²) in [6.07, 6.45) is 8.27. The van der Waals surface area contributed by atoms with Gasteiger partial charge in [-0.3, -0.25) is 19.2 Å². The van der Waals surface area contributed by atoms with Crippen LogP contribution in [0.15, 0.2) is 24.3 Å². The van der Waals surface area contributed by atoms with Crippen molar-refractivity contribution in [2.75, 3.05) is 79.1 Å². The van der Waals surface area contributed by atoms with E-state index < -0.39 is 18.0 Å². The number of carbonyl (C=O) groups excluding carboxylic acids is 4. The molecule has 312 valence electrons. The van der Waals surface area contributed by atoms with Crippen LogP contribution in [0.25, 0.3) is 0 Å². The monoisotopic (exact) mass is 782 g/mol. The molecule has 1 aromatic rings. The number of carboxylic acid groups (broad SMARTS) is 2. The van der Waals surface area contributed by atoms with Crippen LogP contribution in [-0.4, -0.2) is 131 Å². The summed E-state index contributed by atoms with van der Waals surface area (Å²) in [5.41, 5.74) is 0.189. The number of rotatable bonds is 36. The predicted octanol–water partition coefficient (Wildman–Crippen LogP) is 2.45. The largest absolute Gasteiger partial charge is 0.494 e. The molecule has 1 rings (SSSR count). The summed E-state index contributed by atoms with van der Waals surface area (Å²) < 4.78 is 26.8. The highest BCUT2D eigenvalue weighted by atomic mass is 16.5. The highest BCUT2D eigenvalue weighted by molar-refractivity contribution is 5.88. The third-order valence-corrected chi connectivity index (χ3v) is 7.89. The van der Waals surface area contributed by atoms with E-state index in [-0.39, 0.29) is 101 Å². The number of carbonyl (C=O) groups is 6. The van der Waals surface area contributed by atoms with Crippen molar-refractivity contribution in [1.29, 1.82) is 0 Å². The number of aliphatic carboxylic acids is 1. The maximum absolute atomic E-state index is 12.3.